The van der Waals surface area contributed by atoms with Crippen LogP contribution in [0.1, 0.15) is 31.8 Å². The van der Waals surface area contributed by atoms with Crippen LogP contribution in [0.15, 0.2) is 12.1 Å². The number of carboxylic acid groups (broad SMARTS) is 2. The zero-order chi connectivity index (χ0) is 15.3. The highest BCUT2D eigenvalue weighted by Gasteiger charge is 2.26. The maximum absolute atomic E-state index is 10.7. The number of fused-ring (bicyclic) bond motifs is 1. The Bertz CT molecular complexity index is 465. The molecule has 7 nitrogen and oxygen atoms in total. The van der Waals surface area contributed by atoms with Crippen LogP contribution in [0.4, 0.5) is 0 Å². The van der Waals surface area contributed by atoms with E-state index in [9.17, 15) is 9.59 Å². The fourth-order valence-electron chi connectivity index (χ4n) is 1.80. The molecule has 7 heteroatoms. The minimum absolute atomic E-state index is 0.233. The third-order valence-corrected chi connectivity index (χ3v) is 2.94. The number of benzene rings is 1. The van der Waals surface area contributed by atoms with Crippen LogP contribution in [0.5, 0.6) is 0 Å². The van der Waals surface area contributed by atoms with Crippen molar-refractivity contribution in [1.82, 2.24) is 0 Å². The third-order valence-electron chi connectivity index (χ3n) is 2.94. The Morgan fingerprint density at radius 2 is 1.30 bits per heavy atom. The van der Waals surface area contributed by atoms with Gasteiger partial charge in [0.1, 0.15) is 6.10 Å². The summed E-state index contributed by atoms with van der Waals surface area (Å²) in [6, 6.07) is 2.73. The normalized spacial score (nSPS) is 12.0. The maximum Gasteiger partial charge on any atom is 0.335 e. The van der Waals surface area contributed by atoms with Crippen LogP contribution in [0.25, 0.3) is 0 Å². The first kappa shape index (κ1) is 16.1. The van der Waals surface area contributed by atoms with Crippen molar-refractivity contribution < 1.29 is 35.1 Å². The van der Waals surface area contributed by atoms with Gasteiger partial charge in [0.15, 0.2) is 0 Å². The summed E-state index contributed by atoms with van der Waals surface area (Å²) in [5.74, 6) is -1.98. The Morgan fingerprint density at radius 1 is 0.950 bits per heavy atom. The predicted octanol–water partition coefficient (Wildman–Crippen LogP) is -0.487. The average molecular weight is 284 g/mol. The molecule has 5 N–H and O–H groups in total. The molecule has 0 saturated carbocycles. The minimum atomic E-state index is -0.988. The van der Waals surface area contributed by atoms with Gasteiger partial charge in [-0.15, -0.1) is 0 Å². The van der Waals surface area contributed by atoms with Gasteiger partial charge in [-0.3, -0.25) is 0 Å². The van der Waals surface area contributed by atoms with Crippen LogP contribution in [0, 0.1) is 0 Å². The molecule has 0 unspecified atom stereocenters. The van der Waals surface area contributed by atoms with Crippen molar-refractivity contribution in [2.24, 2.45) is 0 Å². The van der Waals surface area contributed by atoms with Crippen molar-refractivity contribution in [1.29, 1.82) is 0 Å². The number of aliphatic hydroxyl groups excluding tert-OH is 3. The summed E-state index contributed by atoms with van der Waals surface area (Å²) in [5.41, 5.74) is 1.82. The molecule has 1 aliphatic rings. The summed E-state index contributed by atoms with van der Waals surface area (Å²) in [7, 11) is 0. The van der Waals surface area contributed by atoms with Gasteiger partial charge in [0.05, 0.1) is 24.3 Å². The van der Waals surface area contributed by atoms with Crippen molar-refractivity contribution in [2.45, 2.75) is 18.9 Å². The number of hydrogen-bond donors (Lipinski definition) is 5. The summed E-state index contributed by atoms with van der Waals surface area (Å²) < 4.78 is 0. The molecule has 110 valence electrons. The number of carbonyl (C=O) groups is 2. The van der Waals surface area contributed by atoms with Crippen LogP contribution in [0.3, 0.4) is 0 Å². The van der Waals surface area contributed by atoms with E-state index < -0.39 is 18.0 Å². The molecule has 2 rings (SSSR count). The minimum Gasteiger partial charge on any atom is -0.478 e. The van der Waals surface area contributed by atoms with E-state index in [1.807, 2.05) is 0 Å². The highest BCUT2D eigenvalue weighted by molar-refractivity contribution is 5.95. The van der Waals surface area contributed by atoms with Crippen LogP contribution in [-0.2, 0) is 12.8 Å². The van der Waals surface area contributed by atoms with Gasteiger partial charge in [0.2, 0.25) is 0 Å². The molecule has 20 heavy (non-hydrogen) atoms. The summed E-state index contributed by atoms with van der Waals surface area (Å²) in [5, 5.41) is 41.6. The van der Waals surface area contributed by atoms with E-state index in [1.54, 1.807) is 0 Å². The molecule has 0 radical (unpaired) electrons. The van der Waals surface area contributed by atoms with Gasteiger partial charge in [-0.1, -0.05) is 0 Å². The molecule has 0 saturated heterocycles. The molecule has 0 spiro atoms. The average Bonchev–Trinajstić information content (AvgIpc) is 2.38. The van der Waals surface area contributed by atoms with Crippen molar-refractivity contribution in [3.8, 4) is 0 Å². The lowest BCUT2D eigenvalue weighted by Crippen LogP contribution is -2.19. The van der Waals surface area contributed by atoms with E-state index >= 15 is 0 Å². The largest absolute Gasteiger partial charge is 0.478 e. The van der Waals surface area contributed by atoms with Gasteiger partial charge in [0.25, 0.3) is 0 Å². The fourth-order valence-corrected chi connectivity index (χ4v) is 1.80. The Morgan fingerprint density at radius 3 is 1.45 bits per heavy atom. The third kappa shape index (κ3) is 3.53. The number of aromatic carboxylic acids is 2. The van der Waals surface area contributed by atoms with Crippen molar-refractivity contribution >= 4 is 11.9 Å². The summed E-state index contributed by atoms with van der Waals surface area (Å²) >= 11 is 0. The molecule has 1 aromatic carbocycles. The monoisotopic (exact) mass is 284 g/mol. The second kappa shape index (κ2) is 6.99. The molecule has 0 fully saturated rings. The predicted molar refractivity (Wildman–Crippen MR) is 67.9 cm³/mol. The smallest absolute Gasteiger partial charge is 0.335 e. The van der Waals surface area contributed by atoms with Crippen LogP contribution in [-0.4, -0.2) is 56.8 Å². The van der Waals surface area contributed by atoms with Gasteiger partial charge < -0.3 is 25.5 Å². The fraction of sp³-hybridized carbons (Fsp3) is 0.385. The lowest BCUT2D eigenvalue weighted by atomic mass is 9.81. The first-order valence-electron chi connectivity index (χ1n) is 5.93. The van der Waals surface area contributed by atoms with E-state index in [-0.39, 0.29) is 24.3 Å². The van der Waals surface area contributed by atoms with Crippen molar-refractivity contribution in [3.63, 3.8) is 0 Å². The van der Waals surface area contributed by atoms with E-state index in [1.165, 1.54) is 12.1 Å². The van der Waals surface area contributed by atoms with E-state index in [4.69, 9.17) is 25.5 Å². The lowest BCUT2D eigenvalue weighted by Gasteiger charge is -2.22. The molecule has 0 aromatic heterocycles. The second-order valence-electron chi connectivity index (χ2n) is 4.25. The number of carboxylic acids is 2. The Kier molecular flexibility index (Phi) is 5.63. The Balaban J connectivity index is 0.000000286. The zero-order valence-corrected chi connectivity index (χ0v) is 10.6. The van der Waals surface area contributed by atoms with E-state index in [0.717, 1.165) is 0 Å². The molecule has 0 aliphatic heterocycles. The quantitative estimate of drug-likeness (QED) is 0.503. The van der Waals surface area contributed by atoms with Crippen molar-refractivity contribution in [3.05, 3.63) is 34.4 Å². The van der Waals surface area contributed by atoms with Gasteiger partial charge in [-0.2, -0.15) is 0 Å². The molecule has 1 aromatic rings. The van der Waals surface area contributed by atoms with Gasteiger partial charge in [-0.05, 0) is 36.1 Å². The SMILES string of the molecule is O=C(O)c1ccc(C(=O)O)c2c1CC2.OCC(O)CO. The molecule has 0 atom stereocenters. The van der Waals surface area contributed by atoms with Gasteiger partial charge in [-0.25, -0.2) is 9.59 Å². The van der Waals surface area contributed by atoms with Crippen LogP contribution in [0.2, 0.25) is 0 Å². The van der Waals surface area contributed by atoms with Crippen LogP contribution >= 0.6 is 0 Å². The number of rotatable bonds is 4. The second-order valence-corrected chi connectivity index (χ2v) is 4.25. The molecule has 0 amide bonds. The highest BCUT2D eigenvalue weighted by atomic mass is 16.4. The molecule has 0 bridgehead atoms. The summed E-state index contributed by atoms with van der Waals surface area (Å²) in [6.07, 6.45) is 0.376. The Hall–Kier alpha value is -1.96. The van der Waals surface area contributed by atoms with E-state index in [2.05, 4.69) is 0 Å². The molecule has 0 heterocycles. The molecule has 1 aliphatic carbocycles. The molecular weight excluding hydrogens is 268 g/mol. The first-order chi connectivity index (χ1) is 9.42. The van der Waals surface area contributed by atoms with E-state index in [0.29, 0.717) is 24.0 Å². The van der Waals surface area contributed by atoms with Crippen LogP contribution < -0.4 is 0 Å². The van der Waals surface area contributed by atoms with Crippen molar-refractivity contribution in [2.75, 3.05) is 13.2 Å². The Labute approximate surface area is 114 Å². The standard InChI is InChI=1S/C10H8O4.C3H8O3/c11-9(12)7-3-4-8(10(13)14)6-2-1-5(6)7;4-1-3(6)2-5/h3-4H,1-2H2,(H,11,12)(H,13,14);3-6H,1-2H2. The number of aliphatic hydroxyl groups is 3. The topological polar surface area (TPSA) is 135 Å². The highest BCUT2D eigenvalue weighted by Crippen LogP contribution is 2.30. The molecular formula is C13H16O7. The summed E-state index contributed by atoms with van der Waals surface area (Å²) in [4.78, 5) is 21.5. The van der Waals surface area contributed by atoms with Gasteiger partial charge >= 0.3 is 11.9 Å². The summed E-state index contributed by atoms with van der Waals surface area (Å²) in [6.45, 7) is -0.729. The maximum atomic E-state index is 10.7. The lowest BCUT2D eigenvalue weighted by molar-refractivity contribution is 0.0450. The zero-order valence-electron chi connectivity index (χ0n) is 10.6. The number of hydrogen-bond acceptors (Lipinski definition) is 5. The first-order valence-corrected chi connectivity index (χ1v) is 5.93. The van der Waals surface area contributed by atoms with Gasteiger partial charge in [0, 0.05) is 0 Å².